The number of anilines is 1. The topological polar surface area (TPSA) is 98.4 Å². The van der Waals surface area contributed by atoms with Crippen LogP contribution in [0.5, 0.6) is 0 Å². The summed E-state index contributed by atoms with van der Waals surface area (Å²) in [5.74, 6) is 4.80. The third kappa shape index (κ3) is 1.98. The van der Waals surface area contributed by atoms with Crippen molar-refractivity contribution in [1.29, 1.82) is 0 Å². The number of hydrazine groups is 1. The number of amides is 1. The number of rotatable bonds is 1. The van der Waals surface area contributed by atoms with Gasteiger partial charge in [-0.25, -0.2) is 10.9 Å². The lowest BCUT2D eigenvalue weighted by Crippen LogP contribution is -2.45. The van der Waals surface area contributed by atoms with Crippen molar-refractivity contribution >= 4 is 28.9 Å². The van der Waals surface area contributed by atoms with Crippen molar-refractivity contribution in [2.45, 2.75) is 0 Å². The number of carbonyl (C=O) groups excluding carboxylic acids is 1. The van der Waals surface area contributed by atoms with Crippen molar-refractivity contribution in [3.8, 4) is 0 Å². The highest BCUT2D eigenvalue weighted by Gasteiger charge is 2.16. The van der Waals surface area contributed by atoms with Gasteiger partial charge in [-0.2, -0.15) is 0 Å². The van der Waals surface area contributed by atoms with Crippen LogP contribution < -0.4 is 17.3 Å². The average molecular weight is 210 g/mol. The van der Waals surface area contributed by atoms with Gasteiger partial charge < -0.3 is 11.5 Å². The molecule has 0 aliphatic carbocycles. The number of thiocarbonyl (C=S) groups is 1. The molecule has 1 rings (SSSR count). The molecule has 14 heavy (non-hydrogen) atoms. The van der Waals surface area contributed by atoms with Gasteiger partial charge in [-0.05, 0) is 24.4 Å². The molecule has 0 heterocycles. The summed E-state index contributed by atoms with van der Waals surface area (Å²) in [6, 6.07) is 6.54. The number of hydrogen-bond donors (Lipinski definition) is 3. The van der Waals surface area contributed by atoms with E-state index >= 15 is 0 Å². The summed E-state index contributed by atoms with van der Waals surface area (Å²) in [4.78, 5) is 11.6. The smallest absolute Gasteiger partial charge is 0.276 e. The van der Waals surface area contributed by atoms with Gasteiger partial charge in [0.25, 0.3) is 5.91 Å². The molecule has 0 aliphatic rings. The zero-order valence-electron chi connectivity index (χ0n) is 7.31. The van der Waals surface area contributed by atoms with E-state index in [1.165, 1.54) is 0 Å². The summed E-state index contributed by atoms with van der Waals surface area (Å²) in [6.07, 6.45) is 0. The van der Waals surface area contributed by atoms with Gasteiger partial charge in [-0.1, -0.05) is 12.1 Å². The Morgan fingerprint density at radius 2 is 1.93 bits per heavy atom. The number of hydrogen-bond acceptors (Lipinski definition) is 4. The minimum atomic E-state index is -0.518. The Morgan fingerprint density at radius 3 is 2.43 bits per heavy atom. The van der Waals surface area contributed by atoms with Crippen molar-refractivity contribution in [2.75, 3.05) is 5.73 Å². The first-order valence-electron chi connectivity index (χ1n) is 3.77. The van der Waals surface area contributed by atoms with Crippen molar-refractivity contribution in [1.82, 2.24) is 5.01 Å². The fraction of sp³-hybridized carbons (Fsp3) is 0. The number of nitrogens with two attached hydrogens (primary N) is 3. The molecule has 5 nitrogen and oxygen atoms in total. The van der Waals surface area contributed by atoms with Gasteiger partial charge in [0, 0.05) is 5.69 Å². The summed E-state index contributed by atoms with van der Waals surface area (Å²) in [7, 11) is 0. The van der Waals surface area contributed by atoms with E-state index < -0.39 is 5.91 Å². The first kappa shape index (κ1) is 10.4. The van der Waals surface area contributed by atoms with Crippen molar-refractivity contribution in [2.24, 2.45) is 11.6 Å². The van der Waals surface area contributed by atoms with E-state index in [-0.39, 0.29) is 10.7 Å². The van der Waals surface area contributed by atoms with Crippen LogP contribution in [0.2, 0.25) is 0 Å². The molecule has 0 radical (unpaired) electrons. The van der Waals surface area contributed by atoms with E-state index in [2.05, 4.69) is 12.2 Å². The summed E-state index contributed by atoms with van der Waals surface area (Å²) < 4.78 is 0. The van der Waals surface area contributed by atoms with Gasteiger partial charge >= 0.3 is 0 Å². The van der Waals surface area contributed by atoms with Gasteiger partial charge in [-0.15, -0.1) is 0 Å². The molecule has 0 aliphatic heterocycles. The van der Waals surface area contributed by atoms with Crippen molar-refractivity contribution < 1.29 is 4.79 Å². The highest BCUT2D eigenvalue weighted by Crippen LogP contribution is 2.11. The van der Waals surface area contributed by atoms with E-state index in [9.17, 15) is 4.79 Å². The maximum atomic E-state index is 11.6. The van der Waals surface area contributed by atoms with Gasteiger partial charge in [0.05, 0.1) is 5.56 Å². The van der Waals surface area contributed by atoms with E-state index in [1.54, 1.807) is 24.3 Å². The molecule has 0 spiro atoms. The number of nitrogen functional groups attached to an aromatic ring is 1. The molecular formula is C8H10N4OS. The Labute approximate surface area is 86.4 Å². The van der Waals surface area contributed by atoms with E-state index in [0.29, 0.717) is 10.7 Å². The lowest BCUT2D eigenvalue weighted by atomic mass is 10.1. The fourth-order valence-corrected chi connectivity index (χ4v) is 1.00. The van der Waals surface area contributed by atoms with Crippen LogP contribution in [-0.4, -0.2) is 16.0 Å². The highest BCUT2D eigenvalue weighted by molar-refractivity contribution is 7.80. The molecule has 74 valence electrons. The minimum absolute atomic E-state index is 0.196. The maximum Gasteiger partial charge on any atom is 0.276 e. The SMILES string of the molecule is NC(=S)N(N)C(=O)c1ccccc1N. The van der Waals surface area contributed by atoms with Crippen LogP contribution in [0.4, 0.5) is 5.69 Å². The Morgan fingerprint density at radius 1 is 1.36 bits per heavy atom. The Hall–Kier alpha value is -1.66. The predicted octanol–water partition coefficient (Wildman–Crippen LogP) is -0.172. The Balaban J connectivity index is 3.01. The lowest BCUT2D eigenvalue weighted by molar-refractivity contribution is 0.0849. The zero-order chi connectivity index (χ0) is 10.7. The van der Waals surface area contributed by atoms with Crippen LogP contribution in [0.3, 0.4) is 0 Å². The van der Waals surface area contributed by atoms with E-state index in [4.69, 9.17) is 17.3 Å². The van der Waals surface area contributed by atoms with Crippen LogP contribution in [0, 0.1) is 0 Å². The minimum Gasteiger partial charge on any atom is -0.398 e. The Bertz CT molecular complexity index is 379. The lowest BCUT2D eigenvalue weighted by Gasteiger charge is -2.14. The molecule has 6 heteroatoms. The van der Waals surface area contributed by atoms with Crippen molar-refractivity contribution in [3.63, 3.8) is 0 Å². The van der Waals surface area contributed by atoms with Gasteiger partial charge in [0.1, 0.15) is 0 Å². The highest BCUT2D eigenvalue weighted by atomic mass is 32.1. The second-order valence-electron chi connectivity index (χ2n) is 2.60. The molecule has 0 unspecified atom stereocenters. The number of nitrogens with zero attached hydrogens (tertiary/aromatic N) is 1. The normalized spacial score (nSPS) is 9.50. The predicted molar refractivity (Wildman–Crippen MR) is 58.0 cm³/mol. The van der Waals surface area contributed by atoms with Gasteiger partial charge in [0.2, 0.25) is 0 Å². The third-order valence-corrected chi connectivity index (χ3v) is 1.84. The molecule has 0 fully saturated rings. The molecule has 1 aromatic rings. The average Bonchev–Trinajstić information content (AvgIpc) is 2.16. The van der Waals surface area contributed by atoms with Gasteiger partial charge in [-0.3, -0.25) is 4.79 Å². The Kier molecular flexibility index (Phi) is 3.00. The molecule has 0 atom stereocenters. The molecule has 0 saturated carbocycles. The van der Waals surface area contributed by atoms with Crippen molar-refractivity contribution in [3.05, 3.63) is 29.8 Å². The van der Waals surface area contributed by atoms with Gasteiger partial charge in [0.15, 0.2) is 5.11 Å². The number of carbonyl (C=O) groups is 1. The monoisotopic (exact) mass is 210 g/mol. The second kappa shape index (κ2) is 4.03. The molecule has 0 bridgehead atoms. The standard InChI is InChI=1S/C8H10N4OS/c9-6-4-2-1-3-5(6)7(13)12(11)8(10)14/h1-4H,9,11H2,(H2,10,14). The largest absolute Gasteiger partial charge is 0.398 e. The summed E-state index contributed by atoms with van der Waals surface area (Å²) in [6.45, 7) is 0. The van der Waals surface area contributed by atoms with Crippen LogP contribution in [0.25, 0.3) is 0 Å². The molecule has 1 aromatic carbocycles. The van der Waals surface area contributed by atoms with Crippen LogP contribution >= 0.6 is 12.2 Å². The molecule has 0 saturated heterocycles. The molecule has 1 amide bonds. The molecule has 6 N–H and O–H groups in total. The third-order valence-electron chi connectivity index (χ3n) is 1.65. The zero-order valence-corrected chi connectivity index (χ0v) is 8.12. The van der Waals surface area contributed by atoms with E-state index in [1.807, 2.05) is 0 Å². The fourth-order valence-electron chi connectivity index (χ4n) is 0.922. The van der Waals surface area contributed by atoms with Crippen LogP contribution in [0.15, 0.2) is 24.3 Å². The van der Waals surface area contributed by atoms with E-state index in [0.717, 1.165) is 0 Å². The summed E-state index contributed by atoms with van der Waals surface area (Å²) >= 11 is 4.55. The quantitative estimate of drug-likeness (QED) is 0.196. The summed E-state index contributed by atoms with van der Waals surface area (Å²) in [5, 5.41) is 0.486. The first-order valence-corrected chi connectivity index (χ1v) is 4.18. The van der Waals surface area contributed by atoms with Crippen LogP contribution in [-0.2, 0) is 0 Å². The number of para-hydroxylation sites is 1. The summed E-state index contributed by atoms with van der Waals surface area (Å²) in [5.41, 5.74) is 11.4. The second-order valence-corrected chi connectivity index (χ2v) is 3.02. The first-order chi connectivity index (χ1) is 6.54. The van der Waals surface area contributed by atoms with Crippen LogP contribution in [0.1, 0.15) is 10.4 Å². The maximum absolute atomic E-state index is 11.6. The number of benzene rings is 1. The molecule has 0 aromatic heterocycles. The molecular weight excluding hydrogens is 200 g/mol.